The first-order valence-electron chi connectivity index (χ1n) is 13.3. The molecule has 2 nitrogen and oxygen atoms in total. The van der Waals surface area contributed by atoms with Gasteiger partial charge in [0.05, 0.1) is 0 Å². The molecule has 186 valence electrons. The Balaban J connectivity index is 1.17. The Morgan fingerprint density at radius 3 is 1.17 bits per heavy atom. The molecule has 0 amide bonds. The smallest absolute Gasteiger partial charge is 0.0314 e. The number of rotatable bonds is 11. The zero-order chi connectivity index (χ0) is 25.3. The number of anilines is 2. The first-order chi connectivity index (χ1) is 17.5. The van der Waals surface area contributed by atoms with Gasteiger partial charge in [0, 0.05) is 11.4 Å². The highest BCUT2D eigenvalue weighted by Crippen LogP contribution is 2.20. The van der Waals surface area contributed by atoms with Gasteiger partial charge in [-0.15, -0.1) is 0 Å². The van der Waals surface area contributed by atoms with E-state index < -0.39 is 0 Å². The molecular weight excluding hydrogens is 436 g/mol. The molecule has 4 N–H and O–H groups in total. The first-order valence-corrected chi connectivity index (χ1v) is 13.3. The molecule has 4 aromatic carbocycles. The third-order valence-corrected chi connectivity index (χ3v) is 7.24. The third-order valence-electron chi connectivity index (χ3n) is 7.24. The molecule has 0 atom stereocenters. The normalized spacial score (nSPS) is 11.1. The number of hydrogen-bond donors (Lipinski definition) is 2. The molecule has 2 heteroatoms. The van der Waals surface area contributed by atoms with Crippen molar-refractivity contribution in [3.8, 4) is 0 Å². The van der Waals surface area contributed by atoms with Gasteiger partial charge in [0.15, 0.2) is 0 Å². The molecule has 4 rings (SSSR count). The zero-order valence-corrected chi connectivity index (χ0v) is 21.9. The van der Waals surface area contributed by atoms with Gasteiger partial charge < -0.3 is 11.5 Å². The van der Waals surface area contributed by atoms with E-state index in [1.807, 2.05) is 24.3 Å². The molecule has 0 aliphatic rings. The van der Waals surface area contributed by atoms with Crippen LogP contribution in [0.1, 0.15) is 70.2 Å². The van der Waals surface area contributed by atoms with Crippen molar-refractivity contribution in [2.75, 3.05) is 11.5 Å². The maximum atomic E-state index is 5.81. The van der Waals surface area contributed by atoms with Crippen LogP contribution in [-0.4, -0.2) is 0 Å². The van der Waals surface area contributed by atoms with Gasteiger partial charge in [-0.3, -0.25) is 0 Å². The Hall–Kier alpha value is -3.52. The van der Waals surface area contributed by atoms with Gasteiger partial charge >= 0.3 is 0 Å². The predicted molar refractivity (Wildman–Crippen MR) is 156 cm³/mol. The van der Waals surface area contributed by atoms with E-state index in [1.54, 1.807) is 0 Å². The highest BCUT2D eigenvalue weighted by molar-refractivity contribution is 5.43. The standard InChI is InChI=1S/C34H40N2/c1-25-21-27(9-15-31(25)23-29-11-17-33(35)18-12-29)7-5-3-4-6-8-28-10-16-32(26(2)22-28)24-30-13-19-34(36)20-14-30/h9-22H,3-8,23-24,35-36H2,1-2H3. The van der Waals surface area contributed by atoms with Gasteiger partial charge in [-0.1, -0.05) is 73.5 Å². The van der Waals surface area contributed by atoms with E-state index >= 15 is 0 Å². The Kier molecular flexibility index (Phi) is 8.84. The van der Waals surface area contributed by atoms with Crippen LogP contribution in [0, 0.1) is 13.8 Å². The third kappa shape index (κ3) is 7.49. The second-order valence-corrected chi connectivity index (χ2v) is 10.3. The van der Waals surface area contributed by atoms with Crippen molar-refractivity contribution in [1.29, 1.82) is 0 Å². The maximum absolute atomic E-state index is 5.81. The van der Waals surface area contributed by atoms with Crippen molar-refractivity contribution >= 4 is 11.4 Å². The van der Waals surface area contributed by atoms with Crippen LogP contribution in [0.3, 0.4) is 0 Å². The van der Waals surface area contributed by atoms with Gasteiger partial charge in [0.1, 0.15) is 0 Å². The summed E-state index contributed by atoms with van der Waals surface area (Å²) in [7, 11) is 0. The summed E-state index contributed by atoms with van der Waals surface area (Å²) in [5.41, 5.74) is 24.4. The van der Waals surface area contributed by atoms with Crippen molar-refractivity contribution < 1.29 is 0 Å². The van der Waals surface area contributed by atoms with Crippen LogP contribution in [0.5, 0.6) is 0 Å². The average Bonchev–Trinajstić information content (AvgIpc) is 2.87. The number of nitrogen functional groups attached to an aromatic ring is 2. The summed E-state index contributed by atoms with van der Waals surface area (Å²) in [5, 5.41) is 0. The molecule has 4 aromatic rings. The fourth-order valence-electron chi connectivity index (χ4n) is 4.95. The summed E-state index contributed by atoms with van der Waals surface area (Å²) in [4.78, 5) is 0. The van der Waals surface area contributed by atoms with Crippen LogP contribution in [0.2, 0.25) is 0 Å². The minimum absolute atomic E-state index is 0.823. The summed E-state index contributed by atoms with van der Waals surface area (Å²) < 4.78 is 0. The van der Waals surface area contributed by atoms with Crippen LogP contribution >= 0.6 is 0 Å². The Morgan fingerprint density at radius 1 is 0.444 bits per heavy atom. The molecule has 0 aromatic heterocycles. The van der Waals surface area contributed by atoms with Crippen LogP contribution in [0.15, 0.2) is 84.9 Å². The maximum Gasteiger partial charge on any atom is 0.0314 e. The van der Waals surface area contributed by atoms with Gasteiger partial charge in [0.2, 0.25) is 0 Å². The average molecular weight is 477 g/mol. The lowest BCUT2D eigenvalue weighted by molar-refractivity contribution is 0.640. The Bertz CT molecular complexity index is 1150. The minimum Gasteiger partial charge on any atom is -0.399 e. The fourth-order valence-corrected chi connectivity index (χ4v) is 4.95. The number of nitrogens with two attached hydrogens (primary N) is 2. The molecule has 0 saturated carbocycles. The van der Waals surface area contributed by atoms with Gasteiger partial charge in [-0.25, -0.2) is 0 Å². The van der Waals surface area contributed by atoms with E-state index in [1.165, 1.54) is 83.0 Å². The highest BCUT2D eigenvalue weighted by Gasteiger charge is 2.05. The lowest BCUT2D eigenvalue weighted by Crippen LogP contribution is -1.96. The molecule has 0 aliphatic heterocycles. The van der Waals surface area contributed by atoms with Crippen molar-refractivity contribution in [2.24, 2.45) is 0 Å². The second-order valence-electron chi connectivity index (χ2n) is 10.3. The molecule has 0 radical (unpaired) electrons. The molecule has 0 aliphatic carbocycles. The van der Waals surface area contributed by atoms with Crippen LogP contribution in [0.25, 0.3) is 0 Å². The SMILES string of the molecule is Cc1cc(CCCCCCc2ccc(Cc3ccc(N)cc3)c(C)c2)ccc1Cc1ccc(N)cc1. The Labute approximate surface area is 217 Å². The zero-order valence-electron chi connectivity index (χ0n) is 21.9. The summed E-state index contributed by atoms with van der Waals surface area (Å²) in [5.74, 6) is 0. The van der Waals surface area contributed by atoms with E-state index in [0.717, 1.165) is 24.2 Å². The van der Waals surface area contributed by atoms with Gasteiger partial charge in [0.25, 0.3) is 0 Å². The molecule has 0 fully saturated rings. The molecule has 0 saturated heterocycles. The summed E-state index contributed by atoms with van der Waals surface area (Å²) in [6.45, 7) is 4.47. The molecular formula is C34H40N2. The monoisotopic (exact) mass is 476 g/mol. The number of aryl methyl sites for hydroxylation is 4. The van der Waals surface area contributed by atoms with E-state index in [-0.39, 0.29) is 0 Å². The summed E-state index contributed by atoms with van der Waals surface area (Å²) >= 11 is 0. The molecule has 0 spiro atoms. The number of hydrogen-bond acceptors (Lipinski definition) is 2. The molecule has 0 unspecified atom stereocenters. The fraction of sp³-hybridized carbons (Fsp3) is 0.294. The molecule has 0 heterocycles. The highest BCUT2D eigenvalue weighted by atomic mass is 14.5. The summed E-state index contributed by atoms with van der Waals surface area (Å²) in [6, 6.07) is 30.4. The molecule has 0 bridgehead atoms. The lowest BCUT2D eigenvalue weighted by Gasteiger charge is -2.10. The quantitative estimate of drug-likeness (QED) is 0.170. The van der Waals surface area contributed by atoms with E-state index in [4.69, 9.17) is 11.5 Å². The lowest BCUT2D eigenvalue weighted by atomic mass is 9.95. The van der Waals surface area contributed by atoms with Gasteiger partial charge in [-0.05, 0) is 121 Å². The second kappa shape index (κ2) is 12.4. The van der Waals surface area contributed by atoms with Crippen molar-refractivity contribution in [2.45, 2.75) is 65.2 Å². The van der Waals surface area contributed by atoms with Crippen molar-refractivity contribution in [3.05, 3.63) is 129 Å². The Morgan fingerprint density at radius 2 is 0.806 bits per heavy atom. The number of unbranched alkanes of at least 4 members (excludes halogenated alkanes) is 3. The summed E-state index contributed by atoms with van der Waals surface area (Å²) in [6.07, 6.45) is 9.37. The molecule has 36 heavy (non-hydrogen) atoms. The van der Waals surface area contributed by atoms with Crippen molar-refractivity contribution in [1.82, 2.24) is 0 Å². The first kappa shape index (κ1) is 25.6. The number of benzene rings is 4. The largest absolute Gasteiger partial charge is 0.399 e. The van der Waals surface area contributed by atoms with E-state index in [9.17, 15) is 0 Å². The van der Waals surface area contributed by atoms with Crippen molar-refractivity contribution in [3.63, 3.8) is 0 Å². The van der Waals surface area contributed by atoms with Crippen LogP contribution in [-0.2, 0) is 25.7 Å². The van der Waals surface area contributed by atoms with Crippen LogP contribution < -0.4 is 11.5 Å². The predicted octanol–water partition coefficient (Wildman–Crippen LogP) is 8.00. The van der Waals surface area contributed by atoms with E-state index in [0.29, 0.717) is 0 Å². The topological polar surface area (TPSA) is 52.0 Å². The van der Waals surface area contributed by atoms with Gasteiger partial charge in [-0.2, -0.15) is 0 Å². The van der Waals surface area contributed by atoms with Crippen LogP contribution in [0.4, 0.5) is 11.4 Å². The minimum atomic E-state index is 0.823. The van der Waals surface area contributed by atoms with E-state index in [2.05, 4.69) is 74.5 Å².